The van der Waals surface area contributed by atoms with E-state index in [1.807, 2.05) is 16.6 Å². The molecule has 0 spiro atoms. The van der Waals surface area contributed by atoms with E-state index in [0.717, 1.165) is 84.2 Å². The zero-order chi connectivity index (χ0) is 29.7. The Morgan fingerprint density at radius 3 is 2.58 bits per heavy atom. The van der Waals surface area contributed by atoms with Crippen molar-refractivity contribution in [3.8, 4) is 16.9 Å². The quantitative estimate of drug-likeness (QED) is 0.453. The second-order valence-electron chi connectivity index (χ2n) is 13.3. The van der Waals surface area contributed by atoms with Crippen molar-refractivity contribution in [2.45, 2.75) is 69.5 Å². The fourth-order valence-corrected chi connectivity index (χ4v) is 8.31. The lowest BCUT2D eigenvalue weighted by Crippen LogP contribution is -2.31. The molecule has 0 amide bonds. The molecule has 10 nitrogen and oxygen atoms in total. The Balaban J connectivity index is 1.22. The van der Waals surface area contributed by atoms with Gasteiger partial charge in [0, 0.05) is 73.4 Å². The summed E-state index contributed by atoms with van der Waals surface area (Å²) in [6, 6.07) is 8.50. The molecule has 3 aromatic rings. The number of benzene rings is 1. The van der Waals surface area contributed by atoms with Crippen LogP contribution in [0.3, 0.4) is 0 Å². The van der Waals surface area contributed by atoms with Gasteiger partial charge in [0.2, 0.25) is 0 Å². The Bertz CT molecular complexity index is 1550. The molecule has 5 heterocycles. The molecule has 2 fully saturated rings. The third-order valence-corrected chi connectivity index (χ3v) is 10.8. The van der Waals surface area contributed by atoms with Crippen molar-refractivity contribution in [3.63, 3.8) is 0 Å². The van der Waals surface area contributed by atoms with E-state index >= 15 is 0 Å². The summed E-state index contributed by atoms with van der Waals surface area (Å²) in [7, 11) is -1.36. The van der Waals surface area contributed by atoms with Gasteiger partial charge in [0.25, 0.3) is 0 Å². The van der Waals surface area contributed by atoms with Gasteiger partial charge in [0.1, 0.15) is 41.3 Å². The first kappa shape index (κ1) is 28.6. The molecular formula is C32H42N8O2S. The Hall–Kier alpha value is -3.12. The van der Waals surface area contributed by atoms with Gasteiger partial charge < -0.3 is 26.0 Å². The number of aromatic nitrogens is 3. The number of hydrogen-bond donors (Lipinski definition) is 2. The molecular weight excluding hydrogens is 560 g/mol. The fourth-order valence-electron chi connectivity index (χ4n) is 6.87. The van der Waals surface area contributed by atoms with Crippen LogP contribution in [0, 0.1) is 5.41 Å². The van der Waals surface area contributed by atoms with Crippen LogP contribution < -0.4 is 26.0 Å². The molecule has 43 heavy (non-hydrogen) atoms. The van der Waals surface area contributed by atoms with Gasteiger partial charge >= 0.3 is 0 Å². The minimum Gasteiger partial charge on any atom is -0.491 e. The molecule has 2 aromatic heterocycles. The second kappa shape index (κ2) is 11.4. The van der Waals surface area contributed by atoms with E-state index < -0.39 is 11.0 Å². The zero-order valence-electron chi connectivity index (χ0n) is 25.2. The van der Waals surface area contributed by atoms with E-state index in [2.05, 4.69) is 46.8 Å². The van der Waals surface area contributed by atoms with Crippen LogP contribution in [0.25, 0.3) is 11.1 Å². The van der Waals surface area contributed by atoms with Crippen molar-refractivity contribution < 1.29 is 8.95 Å². The average Bonchev–Trinajstić information content (AvgIpc) is 3.57. The van der Waals surface area contributed by atoms with E-state index in [9.17, 15) is 4.21 Å². The van der Waals surface area contributed by atoms with Gasteiger partial charge in [-0.3, -0.25) is 0 Å². The number of nitrogens with two attached hydrogens (primary N) is 2. The molecule has 0 radical (unpaired) electrons. The normalized spacial score (nSPS) is 24.3. The maximum atomic E-state index is 13.9. The summed E-state index contributed by atoms with van der Waals surface area (Å²) in [4.78, 5) is 19.6. The second-order valence-corrected chi connectivity index (χ2v) is 14.7. The van der Waals surface area contributed by atoms with E-state index in [1.165, 1.54) is 11.3 Å². The smallest absolute Gasteiger partial charge is 0.146 e. The molecule has 2 saturated heterocycles. The van der Waals surface area contributed by atoms with Crippen molar-refractivity contribution in [1.29, 1.82) is 0 Å². The highest BCUT2D eigenvalue weighted by molar-refractivity contribution is 7.82. The number of rotatable bonds is 5. The van der Waals surface area contributed by atoms with Crippen LogP contribution in [-0.2, 0) is 30.4 Å². The lowest BCUT2D eigenvalue weighted by atomic mass is 9.76. The molecule has 3 aliphatic heterocycles. The first-order valence-corrected chi connectivity index (χ1v) is 16.6. The van der Waals surface area contributed by atoms with Crippen molar-refractivity contribution in [2.75, 3.05) is 49.1 Å². The van der Waals surface area contributed by atoms with E-state index in [4.69, 9.17) is 26.2 Å². The minimum absolute atomic E-state index is 0.0443. The predicted octanol–water partition coefficient (Wildman–Crippen LogP) is 3.05. The van der Waals surface area contributed by atoms with Crippen LogP contribution in [0.4, 0.5) is 11.6 Å². The Morgan fingerprint density at radius 2 is 1.79 bits per heavy atom. The molecule has 1 aliphatic carbocycles. The van der Waals surface area contributed by atoms with Crippen molar-refractivity contribution in [1.82, 2.24) is 19.3 Å². The first-order chi connectivity index (χ1) is 20.7. The lowest BCUT2D eigenvalue weighted by Gasteiger charge is -2.33. The summed E-state index contributed by atoms with van der Waals surface area (Å²) >= 11 is 0. The van der Waals surface area contributed by atoms with Crippen LogP contribution in [-0.4, -0.2) is 74.9 Å². The van der Waals surface area contributed by atoms with Crippen molar-refractivity contribution in [3.05, 3.63) is 53.6 Å². The molecule has 0 bridgehead atoms. The maximum absolute atomic E-state index is 13.9. The topological polar surface area (TPSA) is 127 Å². The molecule has 4 aliphatic rings. The van der Waals surface area contributed by atoms with Gasteiger partial charge in [-0.05, 0) is 61.3 Å². The predicted molar refractivity (Wildman–Crippen MR) is 169 cm³/mol. The van der Waals surface area contributed by atoms with Gasteiger partial charge in [-0.15, -0.1) is 0 Å². The van der Waals surface area contributed by atoms with Gasteiger partial charge in [0.15, 0.2) is 0 Å². The monoisotopic (exact) mass is 602 g/mol. The van der Waals surface area contributed by atoms with Crippen molar-refractivity contribution >= 4 is 22.6 Å². The van der Waals surface area contributed by atoms with Crippen LogP contribution in [0.15, 0.2) is 41.7 Å². The molecule has 228 valence electrons. The van der Waals surface area contributed by atoms with Crippen LogP contribution in [0.5, 0.6) is 5.75 Å². The largest absolute Gasteiger partial charge is 0.491 e. The SMILES string of the molecule is CC1(C)CCc2ncnc(N3CCOc4ccc(-c5cnc(N6CCC(N)C6)c(S(=O)N6CCC(N)C6)c5)cc4C3)c2C1. The number of fused-ring (bicyclic) bond motifs is 2. The number of nitrogens with zero attached hydrogens (tertiary/aromatic N) is 6. The van der Waals surface area contributed by atoms with E-state index in [0.29, 0.717) is 32.8 Å². The lowest BCUT2D eigenvalue weighted by molar-refractivity contribution is 0.310. The minimum atomic E-state index is -1.36. The number of hydrogen-bond acceptors (Lipinski definition) is 9. The van der Waals surface area contributed by atoms with E-state index in [-0.39, 0.29) is 17.5 Å². The van der Waals surface area contributed by atoms with Crippen LogP contribution in [0.2, 0.25) is 0 Å². The summed E-state index contributed by atoms with van der Waals surface area (Å²) < 4.78 is 22.1. The summed E-state index contributed by atoms with van der Waals surface area (Å²) in [6.07, 6.45) is 8.46. The highest BCUT2D eigenvalue weighted by atomic mass is 32.2. The van der Waals surface area contributed by atoms with Crippen LogP contribution >= 0.6 is 0 Å². The highest BCUT2D eigenvalue weighted by Crippen LogP contribution is 2.39. The Labute approximate surface area is 256 Å². The summed E-state index contributed by atoms with van der Waals surface area (Å²) in [5.74, 6) is 2.67. The van der Waals surface area contributed by atoms with Gasteiger partial charge in [-0.1, -0.05) is 19.9 Å². The summed E-state index contributed by atoms with van der Waals surface area (Å²) in [5.41, 5.74) is 18.1. The summed E-state index contributed by atoms with van der Waals surface area (Å²) in [5, 5.41) is 0. The number of pyridine rings is 1. The molecule has 1 aromatic carbocycles. The first-order valence-electron chi connectivity index (χ1n) is 15.5. The molecule has 7 rings (SSSR count). The fraction of sp³-hybridized carbons (Fsp3) is 0.531. The van der Waals surface area contributed by atoms with E-state index in [1.54, 1.807) is 6.33 Å². The zero-order valence-corrected chi connectivity index (χ0v) is 26.0. The Kier molecular flexibility index (Phi) is 7.61. The van der Waals surface area contributed by atoms with Gasteiger partial charge in [0.05, 0.1) is 11.4 Å². The number of aryl methyl sites for hydroxylation is 1. The maximum Gasteiger partial charge on any atom is 0.146 e. The Morgan fingerprint density at radius 1 is 0.953 bits per heavy atom. The van der Waals surface area contributed by atoms with Gasteiger partial charge in [-0.25, -0.2) is 23.5 Å². The van der Waals surface area contributed by atoms with Crippen molar-refractivity contribution in [2.24, 2.45) is 16.9 Å². The summed E-state index contributed by atoms with van der Waals surface area (Å²) in [6.45, 7) is 9.55. The number of ether oxygens (including phenoxy) is 1. The molecule has 4 N–H and O–H groups in total. The molecule has 11 heteroatoms. The molecule has 3 unspecified atom stereocenters. The third kappa shape index (κ3) is 5.75. The average molecular weight is 603 g/mol. The van der Waals surface area contributed by atoms with Crippen LogP contribution in [0.1, 0.15) is 49.9 Å². The van der Waals surface area contributed by atoms with Gasteiger partial charge in [-0.2, -0.15) is 0 Å². The standard InChI is InChI=1S/C32H42N8O2S/c1-32(2)8-5-27-26(15-32)30(37-20-36-27)39-11-12-42-28-4-3-21(13-23(28)17-39)22-14-29(43(41)40-10-7-25(34)19-40)31(35-16-22)38-9-6-24(33)18-38/h3-4,13-14,16,20,24-25H,5-12,15,17-19,33-34H2,1-2H3. The number of anilines is 2. The highest BCUT2D eigenvalue weighted by Gasteiger charge is 2.32. The molecule has 3 atom stereocenters. The molecule has 0 saturated carbocycles. The third-order valence-electron chi connectivity index (χ3n) is 9.35.